The topological polar surface area (TPSA) is 72.3 Å². The van der Waals surface area contributed by atoms with Crippen molar-refractivity contribution in [2.24, 2.45) is 17.4 Å². The molecule has 1 unspecified atom stereocenters. The second-order valence-corrected chi connectivity index (χ2v) is 6.05. The van der Waals surface area contributed by atoms with Crippen molar-refractivity contribution < 1.29 is 9.18 Å². The van der Waals surface area contributed by atoms with Gasteiger partial charge in [0.25, 0.3) is 0 Å². The molecule has 1 heterocycles. The summed E-state index contributed by atoms with van der Waals surface area (Å²) in [5.74, 6) is -0.0870. The van der Waals surface area contributed by atoms with Crippen molar-refractivity contribution in [3.63, 3.8) is 0 Å². The molecule has 0 aromatic heterocycles. The summed E-state index contributed by atoms with van der Waals surface area (Å²) in [6, 6.07) is 3.21. The van der Waals surface area contributed by atoms with Crippen LogP contribution in [0.25, 0.3) is 0 Å². The van der Waals surface area contributed by atoms with E-state index in [0.29, 0.717) is 17.9 Å². The first kappa shape index (κ1) is 15.8. The molecule has 0 spiro atoms. The molecule has 0 aliphatic carbocycles. The molecular formula is C16H24FN3O. The summed E-state index contributed by atoms with van der Waals surface area (Å²) in [5.41, 5.74) is 13.7. The zero-order chi connectivity index (χ0) is 15.6. The summed E-state index contributed by atoms with van der Waals surface area (Å²) in [4.78, 5) is 13.2. The van der Waals surface area contributed by atoms with Gasteiger partial charge in [0.2, 0.25) is 5.91 Å². The van der Waals surface area contributed by atoms with E-state index in [9.17, 15) is 9.18 Å². The number of nitrogens with zero attached hydrogens (tertiary/aromatic N) is 1. The standard InChI is InChI=1S/C16H24FN3O/c1-10-7-15(13(11(2)18)9-14(10)17)20-5-3-12(4-6-20)8-16(19)21/h7,9,11-12H,3-6,8,18H2,1-2H3,(H2,19,21). The normalized spacial score (nSPS) is 17.8. The Labute approximate surface area is 125 Å². The van der Waals surface area contributed by atoms with Gasteiger partial charge in [0.05, 0.1) is 0 Å². The SMILES string of the molecule is Cc1cc(N2CCC(CC(N)=O)CC2)c(C(C)N)cc1F. The van der Waals surface area contributed by atoms with Gasteiger partial charge in [-0.15, -0.1) is 0 Å². The molecule has 4 nitrogen and oxygen atoms in total. The molecule has 1 aromatic rings. The third kappa shape index (κ3) is 3.73. The van der Waals surface area contributed by atoms with E-state index in [1.54, 1.807) is 13.0 Å². The van der Waals surface area contributed by atoms with Gasteiger partial charge in [-0.25, -0.2) is 4.39 Å². The third-order valence-corrected chi connectivity index (χ3v) is 4.24. The zero-order valence-corrected chi connectivity index (χ0v) is 12.7. The predicted octanol–water partition coefficient (Wildman–Crippen LogP) is 2.25. The van der Waals surface area contributed by atoms with Crippen molar-refractivity contribution >= 4 is 11.6 Å². The number of nitrogens with two attached hydrogens (primary N) is 2. The largest absolute Gasteiger partial charge is 0.371 e. The highest BCUT2D eigenvalue weighted by Gasteiger charge is 2.23. The summed E-state index contributed by atoms with van der Waals surface area (Å²) >= 11 is 0. The van der Waals surface area contributed by atoms with E-state index in [4.69, 9.17) is 11.5 Å². The fourth-order valence-corrected chi connectivity index (χ4v) is 2.98. The molecule has 1 saturated heterocycles. The van der Waals surface area contributed by atoms with Crippen molar-refractivity contribution in [2.45, 2.75) is 39.2 Å². The first-order chi connectivity index (χ1) is 9.88. The van der Waals surface area contributed by atoms with Crippen molar-refractivity contribution in [3.8, 4) is 0 Å². The van der Waals surface area contributed by atoms with Gasteiger partial charge in [-0.3, -0.25) is 4.79 Å². The molecule has 0 saturated carbocycles. The number of amides is 1. The minimum Gasteiger partial charge on any atom is -0.371 e. The highest BCUT2D eigenvalue weighted by Crippen LogP contribution is 2.32. The Morgan fingerprint density at radius 3 is 2.57 bits per heavy atom. The number of primary amides is 1. The van der Waals surface area contributed by atoms with Crippen LogP contribution in [0.4, 0.5) is 10.1 Å². The van der Waals surface area contributed by atoms with Crippen LogP contribution in [0, 0.1) is 18.7 Å². The number of carbonyl (C=O) groups excluding carboxylic acids is 1. The van der Waals surface area contributed by atoms with Crippen LogP contribution in [0.1, 0.15) is 43.4 Å². The molecule has 2 rings (SSSR count). The van der Waals surface area contributed by atoms with E-state index < -0.39 is 0 Å². The van der Waals surface area contributed by atoms with Gasteiger partial charge in [-0.1, -0.05) is 0 Å². The average Bonchev–Trinajstić information content (AvgIpc) is 2.41. The average molecular weight is 293 g/mol. The second-order valence-electron chi connectivity index (χ2n) is 6.05. The molecule has 1 amide bonds. The summed E-state index contributed by atoms with van der Waals surface area (Å²) in [5, 5.41) is 0. The number of halogens is 1. The molecular weight excluding hydrogens is 269 g/mol. The highest BCUT2D eigenvalue weighted by molar-refractivity contribution is 5.74. The molecule has 4 N–H and O–H groups in total. The lowest BCUT2D eigenvalue weighted by molar-refractivity contribution is -0.119. The van der Waals surface area contributed by atoms with Crippen LogP contribution >= 0.6 is 0 Å². The first-order valence-corrected chi connectivity index (χ1v) is 7.47. The summed E-state index contributed by atoms with van der Waals surface area (Å²) < 4.78 is 13.8. The maximum absolute atomic E-state index is 13.8. The van der Waals surface area contributed by atoms with Gasteiger partial charge in [0.1, 0.15) is 5.82 Å². The minimum absolute atomic E-state index is 0.210. The summed E-state index contributed by atoms with van der Waals surface area (Å²) in [6.45, 7) is 5.34. The number of rotatable bonds is 4. The highest BCUT2D eigenvalue weighted by atomic mass is 19.1. The lowest BCUT2D eigenvalue weighted by Gasteiger charge is -2.35. The number of hydrogen-bond acceptors (Lipinski definition) is 3. The Morgan fingerprint density at radius 2 is 2.05 bits per heavy atom. The molecule has 1 fully saturated rings. The third-order valence-electron chi connectivity index (χ3n) is 4.24. The van der Waals surface area contributed by atoms with Gasteiger partial charge in [0, 0.05) is 31.2 Å². The molecule has 0 bridgehead atoms. The van der Waals surface area contributed by atoms with Crippen LogP contribution in [0.5, 0.6) is 0 Å². The Kier molecular flexibility index (Phi) is 4.83. The van der Waals surface area contributed by atoms with Crippen LogP contribution < -0.4 is 16.4 Å². The molecule has 5 heteroatoms. The van der Waals surface area contributed by atoms with Gasteiger partial charge in [-0.05, 0) is 55.9 Å². The van der Waals surface area contributed by atoms with Crippen molar-refractivity contribution in [3.05, 3.63) is 29.1 Å². The lowest BCUT2D eigenvalue weighted by Crippen LogP contribution is -2.36. The Bertz CT molecular complexity index is 522. The monoisotopic (exact) mass is 293 g/mol. The quantitative estimate of drug-likeness (QED) is 0.894. The van der Waals surface area contributed by atoms with Crippen molar-refractivity contribution in [1.82, 2.24) is 0 Å². The van der Waals surface area contributed by atoms with E-state index in [1.165, 1.54) is 0 Å². The fraction of sp³-hybridized carbons (Fsp3) is 0.562. The minimum atomic E-state index is -0.234. The second kappa shape index (κ2) is 6.43. The van der Waals surface area contributed by atoms with Crippen LogP contribution in [-0.2, 0) is 4.79 Å². The first-order valence-electron chi connectivity index (χ1n) is 7.47. The molecule has 1 aliphatic rings. The molecule has 116 valence electrons. The van der Waals surface area contributed by atoms with E-state index in [1.807, 2.05) is 13.0 Å². The number of hydrogen-bond donors (Lipinski definition) is 2. The number of anilines is 1. The van der Waals surface area contributed by atoms with E-state index >= 15 is 0 Å². The van der Waals surface area contributed by atoms with Gasteiger partial charge in [-0.2, -0.15) is 0 Å². The van der Waals surface area contributed by atoms with E-state index in [-0.39, 0.29) is 17.8 Å². The Hall–Kier alpha value is -1.62. The number of carbonyl (C=O) groups is 1. The summed E-state index contributed by atoms with van der Waals surface area (Å²) in [7, 11) is 0. The van der Waals surface area contributed by atoms with E-state index in [2.05, 4.69) is 4.90 Å². The Balaban J connectivity index is 2.16. The molecule has 1 atom stereocenters. The van der Waals surface area contributed by atoms with Crippen molar-refractivity contribution in [2.75, 3.05) is 18.0 Å². The predicted molar refractivity (Wildman–Crippen MR) is 82.5 cm³/mol. The summed E-state index contributed by atoms with van der Waals surface area (Å²) in [6.07, 6.45) is 2.31. The Morgan fingerprint density at radius 1 is 1.43 bits per heavy atom. The number of aryl methyl sites for hydroxylation is 1. The maximum Gasteiger partial charge on any atom is 0.217 e. The van der Waals surface area contributed by atoms with Gasteiger partial charge >= 0.3 is 0 Å². The number of piperidine rings is 1. The molecule has 1 aliphatic heterocycles. The van der Waals surface area contributed by atoms with Gasteiger partial charge < -0.3 is 16.4 Å². The van der Waals surface area contributed by atoms with Crippen LogP contribution in [0.2, 0.25) is 0 Å². The van der Waals surface area contributed by atoms with Crippen LogP contribution in [0.3, 0.4) is 0 Å². The fourth-order valence-electron chi connectivity index (χ4n) is 2.98. The molecule has 21 heavy (non-hydrogen) atoms. The maximum atomic E-state index is 13.8. The lowest BCUT2D eigenvalue weighted by atomic mass is 9.92. The van der Waals surface area contributed by atoms with Crippen LogP contribution in [-0.4, -0.2) is 19.0 Å². The van der Waals surface area contributed by atoms with Gasteiger partial charge in [0.15, 0.2) is 0 Å². The zero-order valence-electron chi connectivity index (χ0n) is 12.7. The van der Waals surface area contributed by atoms with Crippen LogP contribution in [0.15, 0.2) is 12.1 Å². The smallest absolute Gasteiger partial charge is 0.217 e. The molecule has 1 aromatic carbocycles. The van der Waals surface area contributed by atoms with Crippen molar-refractivity contribution in [1.29, 1.82) is 0 Å². The molecule has 0 radical (unpaired) electrons. The number of benzene rings is 1. The van der Waals surface area contributed by atoms with E-state index in [0.717, 1.165) is 37.2 Å².